The molecule has 0 spiro atoms. The van der Waals surface area contributed by atoms with Gasteiger partial charge < -0.3 is 9.64 Å². The number of rotatable bonds is 4. The van der Waals surface area contributed by atoms with Crippen LogP contribution in [0.25, 0.3) is 0 Å². The third-order valence-electron chi connectivity index (χ3n) is 3.05. The van der Waals surface area contributed by atoms with Gasteiger partial charge in [0.15, 0.2) is 0 Å². The molecule has 1 aromatic heterocycles. The lowest BCUT2D eigenvalue weighted by molar-refractivity contribution is 0.0636. The monoisotopic (exact) mass is 313 g/mol. The number of carbonyl (C=O) groups excluding carboxylic acids is 1. The van der Waals surface area contributed by atoms with Gasteiger partial charge in [-0.05, 0) is 52.0 Å². The van der Waals surface area contributed by atoms with Crippen molar-refractivity contribution < 1.29 is 9.53 Å². The molecule has 0 radical (unpaired) electrons. The molecule has 1 aromatic carbocycles. The van der Waals surface area contributed by atoms with Gasteiger partial charge in [0.25, 0.3) is 0 Å². The number of pyridine rings is 1. The lowest BCUT2D eigenvalue weighted by Gasteiger charge is -2.22. The number of nitrogens with one attached hydrogen (secondary N) is 1. The fraction of sp³-hybridized carbons (Fsp3) is 0.333. The van der Waals surface area contributed by atoms with Crippen molar-refractivity contribution in [3.8, 4) is 0 Å². The Morgan fingerprint density at radius 3 is 2.39 bits per heavy atom. The van der Waals surface area contributed by atoms with Crippen LogP contribution in [-0.2, 0) is 4.74 Å². The maximum absolute atomic E-state index is 11.8. The highest BCUT2D eigenvalue weighted by Crippen LogP contribution is 2.23. The van der Waals surface area contributed by atoms with Crippen LogP contribution < -0.4 is 10.2 Å². The van der Waals surface area contributed by atoms with Crippen LogP contribution in [0.4, 0.5) is 22.0 Å². The zero-order chi connectivity index (χ0) is 16.9. The fourth-order valence-corrected chi connectivity index (χ4v) is 2.13. The zero-order valence-corrected chi connectivity index (χ0v) is 14.0. The molecule has 122 valence electrons. The summed E-state index contributed by atoms with van der Waals surface area (Å²) in [6.07, 6.45) is 1.15. The SMILES string of the molecule is CCN(c1ccccc1)c1ccc(NC(=O)OC(C)(C)C)cn1. The lowest BCUT2D eigenvalue weighted by Crippen LogP contribution is -2.27. The van der Waals surface area contributed by atoms with Gasteiger partial charge in [-0.2, -0.15) is 0 Å². The van der Waals surface area contributed by atoms with Crippen LogP contribution >= 0.6 is 0 Å². The second-order valence-corrected chi connectivity index (χ2v) is 6.11. The van der Waals surface area contributed by atoms with Gasteiger partial charge in [-0.15, -0.1) is 0 Å². The molecule has 0 aliphatic carbocycles. The number of aromatic nitrogens is 1. The van der Waals surface area contributed by atoms with Gasteiger partial charge >= 0.3 is 6.09 Å². The number of benzene rings is 1. The summed E-state index contributed by atoms with van der Waals surface area (Å²) in [5, 5.41) is 2.68. The summed E-state index contributed by atoms with van der Waals surface area (Å²) in [6.45, 7) is 8.35. The summed E-state index contributed by atoms with van der Waals surface area (Å²) in [5.74, 6) is 0.827. The van der Waals surface area contributed by atoms with Crippen molar-refractivity contribution in [1.82, 2.24) is 4.98 Å². The average molecular weight is 313 g/mol. The molecule has 0 aliphatic heterocycles. The minimum atomic E-state index is -0.524. The van der Waals surface area contributed by atoms with E-state index in [1.807, 2.05) is 63.2 Å². The number of hydrogen-bond donors (Lipinski definition) is 1. The Bertz CT molecular complexity index is 634. The largest absolute Gasteiger partial charge is 0.444 e. The zero-order valence-electron chi connectivity index (χ0n) is 14.0. The molecule has 0 aliphatic rings. The molecule has 0 atom stereocenters. The van der Waals surface area contributed by atoms with Gasteiger partial charge in [0.1, 0.15) is 11.4 Å². The highest BCUT2D eigenvalue weighted by molar-refractivity contribution is 5.84. The van der Waals surface area contributed by atoms with E-state index < -0.39 is 11.7 Å². The first-order chi connectivity index (χ1) is 10.9. The standard InChI is InChI=1S/C18H23N3O2/c1-5-21(15-9-7-6-8-10-15)16-12-11-14(13-19-16)20-17(22)23-18(2,3)4/h6-13H,5H2,1-4H3,(H,20,22). The minimum absolute atomic E-state index is 0.484. The first-order valence-electron chi connectivity index (χ1n) is 7.67. The molecule has 1 amide bonds. The van der Waals surface area contributed by atoms with Gasteiger partial charge in [0.2, 0.25) is 0 Å². The average Bonchev–Trinajstić information content (AvgIpc) is 2.49. The second-order valence-electron chi connectivity index (χ2n) is 6.11. The Hall–Kier alpha value is -2.56. The molecule has 2 rings (SSSR count). The number of carbonyl (C=O) groups is 1. The number of nitrogens with zero attached hydrogens (tertiary/aromatic N) is 2. The minimum Gasteiger partial charge on any atom is -0.444 e. The van der Waals surface area contributed by atoms with Crippen molar-refractivity contribution in [3.05, 3.63) is 48.7 Å². The first-order valence-corrected chi connectivity index (χ1v) is 7.67. The normalized spacial score (nSPS) is 11.0. The predicted molar refractivity (Wildman–Crippen MR) is 93.2 cm³/mol. The van der Waals surface area contributed by atoms with E-state index in [-0.39, 0.29) is 0 Å². The van der Waals surface area contributed by atoms with Gasteiger partial charge in [0, 0.05) is 12.2 Å². The molecule has 2 aromatic rings. The fourth-order valence-electron chi connectivity index (χ4n) is 2.13. The van der Waals surface area contributed by atoms with Crippen molar-refractivity contribution in [1.29, 1.82) is 0 Å². The molecule has 0 saturated carbocycles. The summed E-state index contributed by atoms with van der Waals surface area (Å²) in [7, 11) is 0. The summed E-state index contributed by atoms with van der Waals surface area (Å²) < 4.78 is 5.22. The summed E-state index contributed by atoms with van der Waals surface area (Å²) >= 11 is 0. The molecule has 0 unspecified atom stereocenters. The molecule has 0 fully saturated rings. The van der Waals surface area contributed by atoms with E-state index in [2.05, 4.69) is 22.1 Å². The van der Waals surface area contributed by atoms with Crippen LogP contribution in [0.2, 0.25) is 0 Å². The molecule has 0 saturated heterocycles. The lowest BCUT2D eigenvalue weighted by atomic mass is 10.2. The van der Waals surface area contributed by atoms with E-state index in [0.717, 1.165) is 18.1 Å². The molecule has 1 N–H and O–H groups in total. The predicted octanol–water partition coefficient (Wildman–Crippen LogP) is 4.59. The van der Waals surface area contributed by atoms with Crippen LogP contribution in [0, 0.1) is 0 Å². The van der Waals surface area contributed by atoms with E-state index >= 15 is 0 Å². The van der Waals surface area contributed by atoms with Gasteiger partial charge in [-0.1, -0.05) is 18.2 Å². The summed E-state index contributed by atoms with van der Waals surface area (Å²) in [4.78, 5) is 18.3. The molecular formula is C18H23N3O2. The summed E-state index contributed by atoms with van der Waals surface area (Å²) in [6, 6.07) is 13.8. The highest BCUT2D eigenvalue weighted by Gasteiger charge is 2.16. The van der Waals surface area contributed by atoms with Gasteiger partial charge in [0.05, 0.1) is 11.9 Å². The van der Waals surface area contributed by atoms with Crippen LogP contribution in [0.15, 0.2) is 48.7 Å². The Morgan fingerprint density at radius 2 is 1.87 bits per heavy atom. The van der Waals surface area contributed by atoms with E-state index in [9.17, 15) is 4.79 Å². The third-order valence-corrected chi connectivity index (χ3v) is 3.05. The Morgan fingerprint density at radius 1 is 1.17 bits per heavy atom. The van der Waals surface area contributed by atoms with Crippen molar-refractivity contribution in [2.75, 3.05) is 16.8 Å². The van der Waals surface area contributed by atoms with Crippen molar-refractivity contribution in [2.24, 2.45) is 0 Å². The number of ether oxygens (including phenoxy) is 1. The van der Waals surface area contributed by atoms with Crippen LogP contribution in [-0.4, -0.2) is 23.2 Å². The van der Waals surface area contributed by atoms with E-state index in [4.69, 9.17) is 4.74 Å². The smallest absolute Gasteiger partial charge is 0.412 e. The number of para-hydroxylation sites is 1. The molecule has 23 heavy (non-hydrogen) atoms. The highest BCUT2D eigenvalue weighted by atomic mass is 16.6. The maximum Gasteiger partial charge on any atom is 0.412 e. The van der Waals surface area contributed by atoms with Crippen molar-refractivity contribution >= 4 is 23.3 Å². The van der Waals surface area contributed by atoms with E-state index in [1.165, 1.54) is 0 Å². The second kappa shape index (κ2) is 7.13. The van der Waals surface area contributed by atoms with Crippen LogP contribution in [0.3, 0.4) is 0 Å². The van der Waals surface area contributed by atoms with Crippen LogP contribution in [0.5, 0.6) is 0 Å². The number of anilines is 3. The van der Waals surface area contributed by atoms with Crippen molar-refractivity contribution in [3.63, 3.8) is 0 Å². The molecular weight excluding hydrogens is 290 g/mol. The number of hydrogen-bond acceptors (Lipinski definition) is 4. The van der Waals surface area contributed by atoms with Gasteiger partial charge in [-0.25, -0.2) is 9.78 Å². The van der Waals surface area contributed by atoms with E-state index in [0.29, 0.717) is 5.69 Å². The molecule has 5 heteroatoms. The quantitative estimate of drug-likeness (QED) is 0.897. The van der Waals surface area contributed by atoms with E-state index in [1.54, 1.807) is 6.20 Å². The van der Waals surface area contributed by atoms with Gasteiger partial charge in [-0.3, -0.25) is 5.32 Å². The van der Waals surface area contributed by atoms with Crippen molar-refractivity contribution in [2.45, 2.75) is 33.3 Å². The number of amides is 1. The maximum atomic E-state index is 11.8. The first kappa shape index (κ1) is 16.8. The molecule has 5 nitrogen and oxygen atoms in total. The summed E-state index contributed by atoms with van der Waals surface area (Å²) in [5.41, 5.74) is 1.16. The third kappa shape index (κ3) is 4.98. The molecule has 1 heterocycles. The Balaban J connectivity index is 2.08. The Labute approximate surface area is 137 Å². The van der Waals surface area contributed by atoms with Crippen LogP contribution in [0.1, 0.15) is 27.7 Å². The topological polar surface area (TPSA) is 54.5 Å². The Kier molecular flexibility index (Phi) is 5.21. The molecule has 0 bridgehead atoms.